The van der Waals surface area contributed by atoms with Crippen LogP contribution >= 0.6 is 11.6 Å². The zero-order chi connectivity index (χ0) is 12.4. The third-order valence-corrected chi connectivity index (χ3v) is 2.77. The number of carbonyl (C=O) groups is 1. The molecule has 17 heavy (non-hydrogen) atoms. The van der Waals surface area contributed by atoms with E-state index in [9.17, 15) is 9.18 Å². The second kappa shape index (κ2) is 4.68. The summed E-state index contributed by atoms with van der Waals surface area (Å²) in [5.74, 6) is -0.340. The molecule has 1 nitrogen and oxygen atoms in total. The summed E-state index contributed by atoms with van der Waals surface area (Å²) in [6.07, 6.45) is 0. The second-order valence-electron chi connectivity index (χ2n) is 3.76. The molecule has 0 heterocycles. The molecule has 2 aromatic rings. The fraction of sp³-hybridized carbons (Fsp3) is 0.0714. The standard InChI is InChI=1S/C14H10ClFO/c1-9(17)10-2-4-11(5-3-10)13-8-12(15)6-7-14(13)16/h2-8H,1H3. The maximum Gasteiger partial charge on any atom is 0.159 e. The molecule has 0 aromatic heterocycles. The summed E-state index contributed by atoms with van der Waals surface area (Å²) in [5.41, 5.74) is 1.75. The van der Waals surface area contributed by atoms with E-state index in [0.717, 1.165) is 0 Å². The lowest BCUT2D eigenvalue weighted by atomic mass is 10.0. The average molecular weight is 249 g/mol. The summed E-state index contributed by atoms with van der Waals surface area (Å²) < 4.78 is 13.6. The number of Topliss-reactive ketones (excluding diaryl/α,β-unsaturated/α-hetero) is 1. The van der Waals surface area contributed by atoms with Crippen LogP contribution in [0.3, 0.4) is 0 Å². The third kappa shape index (κ3) is 2.53. The van der Waals surface area contributed by atoms with E-state index in [1.165, 1.54) is 19.1 Å². The van der Waals surface area contributed by atoms with E-state index in [4.69, 9.17) is 11.6 Å². The Labute approximate surface area is 104 Å². The van der Waals surface area contributed by atoms with E-state index >= 15 is 0 Å². The summed E-state index contributed by atoms with van der Waals surface area (Å²) in [6.45, 7) is 1.50. The monoisotopic (exact) mass is 248 g/mol. The van der Waals surface area contributed by atoms with Gasteiger partial charge in [-0.1, -0.05) is 35.9 Å². The van der Waals surface area contributed by atoms with Crippen LogP contribution in [-0.4, -0.2) is 5.78 Å². The topological polar surface area (TPSA) is 17.1 Å². The lowest BCUT2D eigenvalue weighted by molar-refractivity contribution is 0.101. The van der Waals surface area contributed by atoms with Crippen molar-refractivity contribution in [3.8, 4) is 11.1 Å². The number of benzene rings is 2. The second-order valence-corrected chi connectivity index (χ2v) is 4.19. The van der Waals surface area contributed by atoms with Gasteiger partial charge in [-0.25, -0.2) is 4.39 Å². The van der Waals surface area contributed by atoms with Gasteiger partial charge in [-0.2, -0.15) is 0 Å². The Hall–Kier alpha value is -1.67. The molecular formula is C14H10ClFO. The van der Waals surface area contributed by atoms with Crippen molar-refractivity contribution in [1.82, 2.24) is 0 Å². The van der Waals surface area contributed by atoms with Crippen molar-refractivity contribution in [3.05, 3.63) is 58.9 Å². The maximum atomic E-state index is 13.6. The minimum absolute atomic E-state index is 0.0110. The molecule has 0 N–H and O–H groups in total. The Morgan fingerprint density at radius 1 is 1.12 bits per heavy atom. The molecule has 0 aliphatic carbocycles. The average Bonchev–Trinajstić information content (AvgIpc) is 2.32. The first kappa shape index (κ1) is 11.8. The first-order chi connectivity index (χ1) is 8.08. The van der Waals surface area contributed by atoms with Gasteiger partial charge >= 0.3 is 0 Å². The van der Waals surface area contributed by atoms with Crippen LogP contribution in [-0.2, 0) is 0 Å². The van der Waals surface area contributed by atoms with Gasteiger partial charge in [0.1, 0.15) is 5.82 Å². The summed E-state index contributed by atoms with van der Waals surface area (Å²) in [6, 6.07) is 11.2. The van der Waals surface area contributed by atoms with E-state index in [2.05, 4.69) is 0 Å². The smallest absolute Gasteiger partial charge is 0.159 e. The molecule has 0 unspecified atom stereocenters. The molecular weight excluding hydrogens is 239 g/mol. The predicted molar refractivity (Wildman–Crippen MR) is 66.9 cm³/mol. The molecule has 86 valence electrons. The van der Waals surface area contributed by atoms with E-state index < -0.39 is 0 Å². The van der Waals surface area contributed by atoms with Crippen LogP contribution in [0.1, 0.15) is 17.3 Å². The van der Waals surface area contributed by atoms with Crippen molar-refractivity contribution in [3.63, 3.8) is 0 Å². The number of hydrogen-bond donors (Lipinski definition) is 0. The number of ketones is 1. The molecule has 0 atom stereocenters. The lowest BCUT2D eigenvalue weighted by Crippen LogP contribution is -1.91. The van der Waals surface area contributed by atoms with Gasteiger partial charge in [-0.3, -0.25) is 4.79 Å². The quantitative estimate of drug-likeness (QED) is 0.722. The van der Waals surface area contributed by atoms with Crippen molar-refractivity contribution in [2.75, 3.05) is 0 Å². The van der Waals surface area contributed by atoms with Crippen LogP contribution in [0.4, 0.5) is 4.39 Å². The first-order valence-corrected chi connectivity index (χ1v) is 5.52. The van der Waals surface area contributed by atoms with Crippen molar-refractivity contribution in [2.45, 2.75) is 6.92 Å². The number of carbonyl (C=O) groups excluding carboxylic acids is 1. The minimum atomic E-state index is -0.329. The predicted octanol–water partition coefficient (Wildman–Crippen LogP) is 4.35. The first-order valence-electron chi connectivity index (χ1n) is 5.14. The molecule has 0 fully saturated rings. The molecule has 0 aliphatic heterocycles. The molecule has 0 saturated carbocycles. The number of hydrogen-bond acceptors (Lipinski definition) is 1. The number of rotatable bonds is 2. The van der Waals surface area contributed by atoms with Crippen molar-refractivity contribution < 1.29 is 9.18 Å². The highest BCUT2D eigenvalue weighted by molar-refractivity contribution is 6.30. The molecule has 0 spiro atoms. The Kier molecular flexibility index (Phi) is 3.25. The number of halogens is 2. The van der Waals surface area contributed by atoms with Gasteiger partial charge in [-0.15, -0.1) is 0 Å². The van der Waals surface area contributed by atoms with E-state index in [0.29, 0.717) is 21.7 Å². The fourth-order valence-corrected chi connectivity index (χ4v) is 1.78. The Morgan fingerprint density at radius 3 is 2.35 bits per heavy atom. The van der Waals surface area contributed by atoms with Crippen molar-refractivity contribution in [1.29, 1.82) is 0 Å². The summed E-state index contributed by atoms with van der Waals surface area (Å²) in [5, 5.41) is 0.483. The summed E-state index contributed by atoms with van der Waals surface area (Å²) in [4.78, 5) is 11.1. The van der Waals surface area contributed by atoms with Gasteiger partial charge in [-0.05, 0) is 30.7 Å². The van der Waals surface area contributed by atoms with E-state index in [-0.39, 0.29) is 11.6 Å². The molecule has 0 amide bonds. The minimum Gasteiger partial charge on any atom is -0.295 e. The summed E-state index contributed by atoms with van der Waals surface area (Å²) in [7, 11) is 0. The maximum absolute atomic E-state index is 13.6. The van der Waals surface area contributed by atoms with Gasteiger partial charge in [0.05, 0.1) is 0 Å². The van der Waals surface area contributed by atoms with Gasteiger partial charge in [0.2, 0.25) is 0 Å². The van der Waals surface area contributed by atoms with E-state index in [1.54, 1.807) is 30.3 Å². The van der Waals surface area contributed by atoms with Crippen LogP contribution in [0.5, 0.6) is 0 Å². The molecule has 0 radical (unpaired) electrons. The van der Waals surface area contributed by atoms with Crippen LogP contribution in [0.2, 0.25) is 5.02 Å². The largest absolute Gasteiger partial charge is 0.295 e. The third-order valence-electron chi connectivity index (χ3n) is 2.53. The van der Waals surface area contributed by atoms with Gasteiger partial charge in [0.15, 0.2) is 5.78 Å². The van der Waals surface area contributed by atoms with Crippen LogP contribution < -0.4 is 0 Å². The normalized spacial score (nSPS) is 10.3. The van der Waals surface area contributed by atoms with Crippen LogP contribution in [0.25, 0.3) is 11.1 Å². The van der Waals surface area contributed by atoms with Crippen molar-refractivity contribution in [2.24, 2.45) is 0 Å². The Bertz CT molecular complexity index is 561. The van der Waals surface area contributed by atoms with Crippen LogP contribution in [0, 0.1) is 5.82 Å². The molecule has 2 rings (SSSR count). The Morgan fingerprint density at radius 2 is 1.76 bits per heavy atom. The zero-order valence-corrected chi connectivity index (χ0v) is 9.96. The Balaban J connectivity index is 2.46. The lowest BCUT2D eigenvalue weighted by Gasteiger charge is -2.05. The highest BCUT2D eigenvalue weighted by Crippen LogP contribution is 2.26. The highest BCUT2D eigenvalue weighted by atomic mass is 35.5. The van der Waals surface area contributed by atoms with Crippen molar-refractivity contribution >= 4 is 17.4 Å². The zero-order valence-electron chi connectivity index (χ0n) is 9.21. The summed E-state index contributed by atoms with van der Waals surface area (Å²) >= 11 is 5.83. The fourth-order valence-electron chi connectivity index (χ4n) is 1.60. The van der Waals surface area contributed by atoms with E-state index in [1.807, 2.05) is 0 Å². The van der Waals surface area contributed by atoms with Gasteiger partial charge in [0.25, 0.3) is 0 Å². The SMILES string of the molecule is CC(=O)c1ccc(-c2cc(Cl)ccc2F)cc1. The molecule has 0 saturated heterocycles. The molecule has 0 aliphatic rings. The van der Waals surface area contributed by atoms with Crippen LogP contribution in [0.15, 0.2) is 42.5 Å². The molecule has 0 bridgehead atoms. The van der Waals surface area contributed by atoms with Gasteiger partial charge < -0.3 is 0 Å². The van der Waals surface area contributed by atoms with Gasteiger partial charge in [0, 0.05) is 16.1 Å². The molecule has 3 heteroatoms. The molecule has 2 aromatic carbocycles. The highest BCUT2D eigenvalue weighted by Gasteiger charge is 2.06.